The number of aromatic nitrogens is 1. The molecule has 1 fully saturated rings. The van der Waals surface area contributed by atoms with Crippen molar-refractivity contribution in [3.63, 3.8) is 0 Å². The third-order valence-electron chi connectivity index (χ3n) is 2.75. The number of morpholine rings is 1. The molecule has 1 saturated heterocycles. The van der Waals surface area contributed by atoms with Crippen LogP contribution < -0.4 is 10.2 Å². The summed E-state index contributed by atoms with van der Waals surface area (Å²) >= 11 is 0. The maximum absolute atomic E-state index is 5.43. The zero-order valence-corrected chi connectivity index (χ0v) is 9.94. The second-order valence-corrected chi connectivity index (χ2v) is 4.03. The number of ether oxygens (including phenoxy) is 1. The predicted octanol–water partition coefficient (Wildman–Crippen LogP) is 1.74. The van der Waals surface area contributed by atoms with E-state index in [2.05, 4.69) is 35.1 Å². The highest BCUT2D eigenvalue weighted by Crippen LogP contribution is 2.18. The van der Waals surface area contributed by atoms with E-state index in [0.29, 0.717) is 6.04 Å². The van der Waals surface area contributed by atoms with Crippen LogP contribution in [0, 0.1) is 0 Å². The molecule has 0 aliphatic carbocycles. The molecule has 1 aliphatic rings. The van der Waals surface area contributed by atoms with Crippen molar-refractivity contribution >= 4 is 11.6 Å². The van der Waals surface area contributed by atoms with Gasteiger partial charge in [0, 0.05) is 13.1 Å². The van der Waals surface area contributed by atoms with Crippen LogP contribution >= 0.6 is 0 Å². The third kappa shape index (κ3) is 2.44. The second-order valence-electron chi connectivity index (χ2n) is 4.03. The first-order valence-corrected chi connectivity index (χ1v) is 5.86. The van der Waals surface area contributed by atoms with E-state index in [1.807, 2.05) is 12.1 Å². The Hall–Kier alpha value is -1.29. The van der Waals surface area contributed by atoms with Crippen molar-refractivity contribution in [1.82, 2.24) is 4.98 Å². The van der Waals surface area contributed by atoms with Crippen LogP contribution in [-0.4, -0.2) is 37.3 Å². The van der Waals surface area contributed by atoms with Gasteiger partial charge >= 0.3 is 0 Å². The molecule has 1 N–H and O–H groups in total. The normalized spacial score (nSPS) is 20.9. The molecule has 4 nitrogen and oxygen atoms in total. The van der Waals surface area contributed by atoms with Gasteiger partial charge in [-0.15, -0.1) is 0 Å². The molecule has 0 spiro atoms. The molecule has 1 aromatic heterocycles. The zero-order valence-electron chi connectivity index (χ0n) is 9.94. The molecule has 16 heavy (non-hydrogen) atoms. The molecule has 4 heteroatoms. The first-order chi connectivity index (χ1) is 7.81. The summed E-state index contributed by atoms with van der Waals surface area (Å²) in [5.41, 5.74) is 0. The molecule has 0 bridgehead atoms. The van der Waals surface area contributed by atoms with Gasteiger partial charge in [-0.05, 0) is 26.0 Å². The molecule has 0 radical (unpaired) electrons. The molecule has 2 rings (SSSR count). The zero-order chi connectivity index (χ0) is 11.4. The van der Waals surface area contributed by atoms with Gasteiger partial charge in [0.2, 0.25) is 0 Å². The minimum atomic E-state index is 0.401. The second kappa shape index (κ2) is 5.16. The van der Waals surface area contributed by atoms with Gasteiger partial charge in [-0.1, -0.05) is 6.07 Å². The molecule has 0 aromatic carbocycles. The summed E-state index contributed by atoms with van der Waals surface area (Å²) in [6.45, 7) is 7.63. The van der Waals surface area contributed by atoms with Crippen molar-refractivity contribution in [1.29, 1.82) is 0 Å². The standard InChI is InChI=1S/C12H19N3O/c1-3-13-11-5-4-6-12(14-11)15-7-8-16-9-10(15)2/h4-6,10H,3,7-9H2,1-2H3,(H,13,14). The van der Waals surface area contributed by atoms with Gasteiger partial charge in [0.1, 0.15) is 11.6 Å². The summed E-state index contributed by atoms with van der Waals surface area (Å²) in [5, 5.41) is 3.23. The fourth-order valence-corrected chi connectivity index (χ4v) is 1.93. The molecule has 88 valence electrons. The van der Waals surface area contributed by atoms with Crippen molar-refractivity contribution < 1.29 is 4.74 Å². The highest BCUT2D eigenvalue weighted by Gasteiger charge is 2.19. The summed E-state index contributed by atoms with van der Waals surface area (Å²) in [6.07, 6.45) is 0. The van der Waals surface area contributed by atoms with Gasteiger partial charge in [-0.3, -0.25) is 0 Å². The number of nitrogens with zero attached hydrogens (tertiary/aromatic N) is 2. The van der Waals surface area contributed by atoms with Crippen molar-refractivity contribution in [2.24, 2.45) is 0 Å². The van der Waals surface area contributed by atoms with Crippen LogP contribution in [0.2, 0.25) is 0 Å². The van der Waals surface area contributed by atoms with E-state index < -0.39 is 0 Å². The van der Waals surface area contributed by atoms with Crippen LogP contribution in [0.3, 0.4) is 0 Å². The Kier molecular flexibility index (Phi) is 3.62. The maximum atomic E-state index is 5.43. The molecule has 1 unspecified atom stereocenters. The van der Waals surface area contributed by atoms with Gasteiger partial charge in [0.15, 0.2) is 0 Å². The van der Waals surface area contributed by atoms with Crippen LogP contribution in [0.5, 0.6) is 0 Å². The number of nitrogens with one attached hydrogen (secondary N) is 1. The van der Waals surface area contributed by atoms with Gasteiger partial charge in [-0.2, -0.15) is 0 Å². The highest BCUT2D eigenvalue weighted by atomic mass is 16.5. The molecule has 1 atom stereocenters. The van der Waals surface area contributed by atoms with Crippen molar-refractivity contribution in [2.45, 2.75) is 19.9 Å². The average molecular weight is 221 g/mol. The lowest BCUT2D eigenvalue weighted by Gasteiger charge is -2.34. The van der Waals surface area contributed by atoms with Crippen molar-refractivity contribution in [2.75, 3.05) is 36.5 Å². The van der Waals surface area contributed by atoms with E-state index in [0.717, 1.165) is 37.9 Å². The van der Waals surface area contributed by atoms with E-state index in [1.165, 1.54) is 0 Å². The Morgan fingerprint density at radius 1 is 1.56 bits per heavy atom. The largest absolute Gasteiger partial charge is 0.377 e. The van der Waals surface area contributed by atoms with Crippen LogP contribution in [0.4, 0.5) is 11.6 Å². The quantitative estimate of drug-likeness (QED) is 0.843. The number of hydrogen-bond acceptors (Lipinski definition) is 4. The van der Waals surface area contributed by atoms with Crippen LogP contribution in [0.1, 0.15) is 13.8 Å². The summed E-state index contributed by atoms with van der Waals surface area (Å²) in [4.78, 5) is 6.89. The Balaban J connectivity index is 2.15. The molecule has 1 aliphatic heterocycles. The number of hydrogen-bond donors (Lipinski definition) is 1. The van der Waals surface area contributed by atoms with Crippen LogP contribution in [-0.2, 0) is 4.74 Å². The molecule has 0 amide bonds. The first-order valence-electron chi connectivity index (χ1n) is 5.86. The van der Waals surface area contributed by atoms with Crippen LogP contribution in [0.25, 0.3) is 0 Å². The van der Waals surface area contributed by atoms with Gasteiger partial charge < -0.3 is 15.0 Å². The lowest BCUT2D eigenvalue weighted by molar-refractivity contribution is 0.0985. The van der Waals surface area contributed by atoms with E-state index in [1.54, 1.807) is 0 Å². The van der Waals surface area contributed by atoms with Crippen molar-refractivity contribution in [3.05, 3.63) is 18.2 Å². The minimum absolute atomic E-state index is 0.401. The summed E-state index contributed by atoms with van der Waals surface area (Å²) in [7, 11) is 0. The SMILES string of the molecule is CCNc1cccc(N2CCOCC2C)n1. The van der Waals surface area contributed by atoms with E-state index in [4.69, 9.17) is 4.74 Å². The number of pyridine rings is 1. The maximum Gasteiger partial charge on any atom is 0.131 e. The van der Waals surface area contributed by atoms with E-state index >= 15 is 0 Å². The molecule has 2 heterocycles. The van der Waals surface area contributed by atoms with Gasteiger partial charge in [0.25, 0.3) is 0 Å². The van der Waals surface area contributed by atoms with Gasteiger partial charge in [-0.25, -0.2) is 4.98 Å². The summed E-state index contributed by atoms with van der Waals surface area (Å²) < 4.78 is 5.43. The minimum Gasteiger partial charge on any atom is -0.377 e. The predicted molar refractivity (Wildman–Crippen MR) is 66.0 cm³/mol. The Bertz CT molecular complexity index is 343. The first kappa shape index (κ1) is 11.2. The Morgan fingerprint density at radius 2 is 2.44 bits per heavy atom. The average Bonchev–Trinajstić information content (AvgIpc) is 2.30. The monoisotopic (exact) mass is 221 g/mol. The summed E-state index contributed by atoms with van der Waals surface area (Å²) in [6, 6.07) is 6.50. The lowest BCUT2D eigenvalue weighted by Crippen LogP contribution is -2.44. The Labute approximate surface area is 96.6 Å². The Morgan fingerprint density at radius 3 is 3.19 bits per heavy atom. The molecule has 1 aromatic rings. The fraction of sp³-hybridized carbons (Fsp3) is 0.583. The van der Waals surface area contributed by atoms with Crippen molar-refractivity contribution in [3.8, 4) is 0 Å². The molecule has 0 saturated carbocycles. The molecular weight excluding hydrogens is 202 g/mol. The highest BCUT2D eigenvalue weighted by molar-refractivity contribution is 5.47. The third-order valence-corrected chi connectivity index (χ3v) is 2.75. The number of rotatable bonds is 3. The smallest absolute Gasteiger partial charge is 0.131 e. The topological polar surface area (TPSA) is 37.4 Å². The number of anilines is 2. The fourth-order valence-electron chi connectivity index (χ4n) is 1.93. The van der Waals surface area contributed by atoms with Gasteiger partial charge in [0.05, 0.1) is 19.3 Å². The molecular formula is C12H19N3O. The summed E-state index contributed by atoms with van der Waals surface area (Å²) in [5.74, 6) is 1.98. The van der Waals surface area contributed by atoms with E-state index in [-0.39, 0.29) is 0 Å². The van der Waals surface area contributed by atoms with Crippen LogP contribution in [0.15, 0.2) is 18.2 Å². The lowest BCUT2D eigenvalue weighted by atomic mass is 10.2. The van der Waals surface area contributed by atoms with E-state index in [9.17, 15) is 0 Å².